The molecular weight excluding hydrogens is 940 g/mol. The van der Waals surface area contributed by atoms with Gasteiger partial charge in [0, 0.05) is 27.9 Å². The van der Waals surface area contributed by atoms with E-state index in [-0.39, 0.29) is 55.3 Å². The first-order chi connectivity index (χ1) is 32.3. The number of aryl methyl sites for hydroxylation is 1. The van der Waals surface area contributed by atoms with Gasteiger partial charge in [0.1, 0.15) is 17.2 Å². The number of carbonyl (C=O) groups is 3. The first-order valence-electron chi connectivity index (χ1n) is 22.1. The van der Waals surface area contributed by atoms with E-state index in [0.717, 1.165) is 24.7 Å². The van der Waals surface area contributed by atoms with Crippen molar-refractivity contribution in [1.29, 1.82) is 5.26 Å². The van der Waals surface area contributed by atoms with Gasteiger partial charge in [-0.1, -0.05) is 102 Å². The summed E-state index contributed by atoms with van der Waals surface area (Å²) >= 11 is 6.54. The molecule has 1 aromatic heterocycles. The Labute approximate surface area is 407 Å². The monoisotopic (exact) mass is 992 g/mol. The number of hydrogen-bond acceptors (Lipinski definition) is 11. The Hall–Kier alpha value is -6.74. The van der Waals surface area contributed by atoms with Crippen LogP contribution < -0.4 is 19.7 Å². The first-order valence-corrected chi connectivity index (χ1v) is 25.9. The summed E-state index contributed by atoms with van der Waals surface area (Å²) in [5.41, 5.74) is 3.11. The number of carbonyl (C=O) groups excluding carboxylic acids is 3. The molecule has 0 bridgehead atoms. The van der Waals surface area contributed by atoms with Crippen molar-refractivity contribution in [1.82, 2.24) is 4.98 Å². The number of benzene rings is 5. The van der Waals surface area contributed by atoms with Crippen LogP contribution in [0.2, 0.25) is 5.02 Å². The number of nitrogens with zero attached hydrogens (tertiary/aromatic N) is 3. The van der Waals surface area contributed by atoms with Gasteiger partial charge in [-0.05, 0) is 103 Å². The number of ketones is 1. The number of aromatic nitrogens is 1. The van der Waals surface area contributed by atoms with Gasteiger partial charge in [-0.2, -0.15) is 5.26 Å². The molecule has 5 aromatic carbocycles. The molecular formula is C51H53ClN6O9S2. The van der Waals surface area contributed by atoms with Crippen LogP contribution in [0.25, 0.3) is 33.5 Å². The molecule has 0 spiro atoms. The number of allylic oxidation sites excluding steroid dienone is 1. The summed E-state index contributed by atoms with van der Waals surface area (Å²) < 4.78 is 68.6. The summed E-state index contributed by atoms with van der Waals surface area (Å²) in [7, 11) is -8.02. The number of amides is 2. The Balaban J connectivity index is 1.14. The van der Waals surface area contributed by atoms with Gasteiger partial charge in [0.15, 0.2) is 11.4 Å². The molecule has 6 aromatic rings. The maximum Gasteiger partial charge on any atom is 0.415 e. The molecule has 1 heterocycles. The lowest BCUT2D eigenvalue weighted by molar-refractivity contribution is -0.142. The van der Waals surface area contributed by atoms with Crippen LogP contribution in [0.15, 0.2) is 100 Å². The van der Waals surface area contributed by atoms with Crippen molar-refractivity contribution in [3.8, 4) is 6.07 Å². The van der Waals surface area contributed by atoms with Crippen LogP contribution in [0.3, 0.4) is 0 Å². The Morgan fingerprint density at radius 1 is 0.884 bits per heavy atom. The van der Waals surface area contributed by atoms with Gasteiger partial charge in [-0.3, -0.25) is 23.9 Å². The molecule has 3 N–H and O–H groups in total. The van der Waals surface area contributed by atoms with Crippen LogP contribution in [-0.2, 0) is 39.8 Å². The lowest BCUT2D eigenvalue weighted by Crippen LogP contribution is -2.48. The summed E-state index contributed by atoms with van der Waals surface area (Å²) in [5.74, 6) is -1.56. The number of nitriles is 1. The highest BCUT2D eigenvalue weighted by molar-refractivity contribution is 7.93. The zero-order chi connectivity index (χ0) is 50.2. The Bertz CT molecular complexity index is 3320. The topological polar surface area (TPSA) is 218 Å². The minimum Gasteiger partial charge on any atom is -0.435 e. The molecule has 1 atom stereocenters. The highest BCUT2D eigenvalue weighted by Crippen LogP contribution is 2.36. The van der Waals surface area contributed by atoms with Crippen LogP contribution in [-0.4, -0.2) is 58.0 Å². The third-order valence-electron chi connectivity index (χ3n) is 11.7. The molecule has 1 aliphatic rings. The molecule has 15 nitrogen and oxygen atoms in total. The lowest BCUT2D eigenvalue weighted by Gasteiger charge is -2.31. The minimum absolute atomic E-state index is 0.0104. The Morgan fingerprint density at radius 2 is 1.58 bits per heavy atom. The van der Waals surface area contributed by atoms with Gasteiger partial charge in [-0.25, -0.2) is 26.6 Å². The normalized spacial score (nSPS) is 14.3. The van der Waals surface area contributed by atoms with Gasteiger partial charge in [-0.15, -0.1) is 0 Å². The average Bonchev–Trinajstić information content (AvgIpc) is 3.96. The second kappa shape index (κ2) is 19.3. The van der Waals surface area contributed by atoms with E-state index in [1.165, 1.54) is 41.3 Å². The second-order valence-electron chi connectivity index (χ2n) is 19.2. The van der Waals surface area contributed by atoms with E-state index in [1.807, 2.05) is 25.1 Å². The minimum atomic E-state index is -4.34. The summed E-state index contributed by atoms with van der Waals surface area (Å²) in [4.78, 5) is 48.6. The molecule has 0 radical (unpaired) electrons. The number of hydrogen-bond donors (Lipinski definition) is 3. The van der Waals surface area contributed by atoms with Crippen LogP contribution in [0.4, 0.5) is 27.5 Å². The molecule has 18 heteroatoms. The molecule has 360 valence electrons. The van der Waals surface area contributed by atoms with E-state index in [2.05, 4.69) is 46.6 Å². The largest absolute Gasteiger partial charge is 0.435 e. The molecule has 0 aliphatic heterocycles. The van der Waals surface area contributed by atoms with Crippen molar-refractivity contribution in [2.24, 2.45) is 5.41 Å². The molecule has 2 amide bonds. The zero-order valence-corrected chi connectivity index (χ0v) is 41.8. The maximum absolute atomic E-state index is 14.5. The Morgan fingerprint density at radius 3 is 2.22 bits per heavy atom. The fourth-order valence-corrected chi connectivity index (χ4v) is 10.1. The maximum atomic E-state index is 14.5. The standard InChI is InChI=1S/C51H53ClN6O9S2/c1-30-25-36(20-17-31(30)26-32(29-53)48-55-42-27-33(50(2,3)4)18-23-43(42)66-48)58(35-13-9-10-14-35)49(61)67-45(46(59)51(5,6)7)47(60)54-41-28-34(19-21-39(41)52)56-69(64,65)44-24-22-40(57-68(8,62)63)37-15-11-12-16-38(37)44/h11-12,15-28,35,45,56-57H,9-10,13-14H2,1-8H3,(H,54,60)/b32-26+. The number of sulfonamides is 2. The molecule has 1 aliphatic carbocycles. The number of nitrogens with one attached hydrogen (secondary N) is 3. The zero-order valence-electron chi connectivity index (χ0n) is 39.4. The highest BCUT2D eigenvalue weighted by atomic mass is 35.5. The van der Waals surface area contributed by atoms with E-state index < -0.39 is 49.3 Å². The SMILES string of the molecule is Cc1cc(N(C(=O)OC(C(=O)Nc2cc(NS(=O)(=O)c3ccc(NS(C)(=O)=O)c4ccccc34)ccc2Cl)C(=O)C(C)(C)C)C2CCCC2)ccc1/C=C(\C#N)c1nc2cc(C(C)(C)C)ccc2o1. The third kappa shape index (κ3) is 11.4. The van der Waals surface area contributed by atoms with E-state index in [1.54, 1.807) is 63.2 Å². The van der Waals surface area contributed by atoms with Crippen molar-refractivity contribution in [3.63, 3.8) is 0 Å². The van der Waals surface area contributed by atoms with Crippen molar-refractivity contribution < 1.29 is 40.4 Å². The quantitative estimate of drug-likeness (QED) is 0.0730. The number of halogens is 1. The fraction of sp³-hybridized carbons (Fsp3) is 0.314. The lowest BCUT2D eigenvalue weighted by atomic mass is 9.87. The van der Waals surface area contributed by atoms with Crippen LogP contribution in [0.5, 0.6) is 0 Å². The molecule has 69 heavy (non-hydrogen) atoms. The second-order valence-corrected chi connectivity index (χ2v) is 23.0. The number of Topliss-reactive ketones (excluding diaryl/α,β-unsaturated/α-hetero) is 1. The Kier molecular flexibility index (Phi) is 14.1. The third-order valence-corrected chi connectivity index (χ3v) is 14.1. The average molecular weight is 994 g/mol. The van der Waals surface area contributed by atoms with Gasteiger partial charge in [0.05, 0.1) is 33.2 Å². The van der Waals surface area contributed by atoms with Gasteiger partial charge >= 0.3 is 6.09 Å². The van der Waals surface area contributed by atoms with Gasteiger partial charge in [0.25, 0.3) is 15.9 Å². The summed E-state index contributed by atoms with van der Waals surface area (Å²) in [5, 5.41) is 13.4. The van der Waals surface area contributed by atoms with Crippen LogP contribution in [0.1, 0.15) is 89.8 Å². The van der Waals surface area contributed by atoms with E-state index >= 15 is 0 Å². The summed E-state index contributed by atoms with van der Waals surface area (Å²) in [6.07, 6.45) is 2.73. The smallest absolute Gasteiger partial charge is 0.415 e. The number of fused-ring (bicyclic) bond motifs is 2. The van der Waals surface area contributed by atoms with E-state index in [9.17, 15) is 36.5 Å². The van der Waals surface area contributed by atoms with Crippen molar-refractivity contribution >= 4 is 106 Å². The summed E-state index contributed by atoms with van der Waals surface area (Å²) in [6, 6.07) is 25.9. The molecule has 1 saturated carbocycles. The van der Waals surface area contributed by atoms with Crippen molar-refractivity contribution in [2.75, 3.05) is 25.9 Å². The fourth-order valence-electron chi connectivity index (χ4n) is 8.07. The van der Waals surface area contributed by atoms with Crippen LogP contribution in [0, 0.1) is 23.7 Å². The predicted molar refractivity (Wildman–Crippen MR) is 270 cm³/mol. The van der Waals surface area contributed by atoms with E-state index in [4.69, 9.17) is 20.8 Å². The van der Waals surface area contributed by atoms with Crippen molar-refractivity contribution in [3.05, 3.63) is 119 Å². The number of ether oxygens (including phenoxy) is 1. The molecule has 7 rings (SSSR count). The highest BCUT2D eigenvalue weighted by Gasteiger charge is 2.41. The number of anilines is 4. The number of rotatable bonds is 13. The number of oxazole rings is 1. The van der Waals surface area contributed by atoms with E-state index in [0.29, 0.717) is 46.1 Å². The first kappa shape index (κ1) is 50.1. The van der Waals surface area contributed by atoms with Gasteiger partial charge < -0.3 is 14.5 Å². The van der Waals surface area contributed by atoms with Gasteiger partial charge in [0.2, 0.25) is 22.0 Å². The molecule has 1 unspecified atom stereocenters. The van der Waals surface area contributed by atoms with Crippen LogP contribution >= 0.6 is 11.6 Å². The summed E-state index contributed by atoms with van der Waals surface area (Å²) in [6.45, 7) is 12.9. The molecule has 1 fully saturated rings. The predicted octanol–water partition coefficient (Wildman–Crippen LogP) is 11.0. The van der Waals surface area contributed by atoms with Crippen molar-refractivity contribution in [2.45, 2.75) is 96.6 Å². The molecule has 0 saturated heterocycles.